The highest BCUT2D eigenvalue weighted by atomic mass is 32.1. The maximum Gasteiger partial charge on any atom is 0.410 e. The van der Waals surface area contributed by atoms with E-state index in [1.165, 1.54) is 4.90 Å². The van der Waals surface area contributed by atoms with Gasteiger partial charge in [-0.3, -0.25) is 10.1 Å². The van der Waals surface area contributed by atoms with Crippen molar-refractivity contribution in [1.29, 1.82) is 0 Å². The first-order valence-electron chi connectivity index (χ1n) is 12.2. The predicted octanol–water partition coefficient (Wildman–Crippen LogP) is 4.30. The van der Waals surface area contributed by atoms with Crippen LogP contribution < -0.4 is 5.32 Å². The molecule has 194 valence electrons. The Morgan fingerprint density at radius 3 is 2.19 bits per heavy atom. The summed E-state index contributed by atoms with van der Waals surface area (Å²) >= 11 is 1.11. The molecule has 0 bridgehead atoms. The van der Waals surface area contributed by atoms with Gasteiger partial charge in [-0.1, -0.05) is 12.1 Å². The number of hydrogen-bond acceptors (Lipinski definition) is 7. The lowest BCUT2D eigenvalue weighted by Crippen LogP contribution is -2.50. The van der Waals surface area contributed by atoms with Gasteiger partial charge in [0.25, 0.3) is 5.91 Å². The molecule has 1 aromatic heterocycles. The summed E-state index contributed by atoms with van der Waals surface area (Å²) in [6, 6.07) is 7.39. The number of amides is 4. The highest BCUT2D eigenvalue weighted by molar-refractivity contribution is 7.10. The molecule has 1 aromatic carbocycles. The van der Waals surface area contributed by atoms with Crippen LogP contribution in [0.1, 0.15) is 56.8 Å². The van der Waals surface area contributed by atoms with Gasteiger partial charge in [-0.15, -0.1) is 0 Å². The molecule has 2 aromatic rings. The van der Waals surface area contributed by atoms with E-state index in [0.717, 1.165) is 42.8 Å². The van der Waals surface area contributed by atoms with Gasteiger partial charge in [-0.25, -0.2) is 9.59 Å². The van der Waals surface area contributed by atoms with Gasteiger partial charge in [0.15, 0.2) is 5.82 Å². The van der Waals surface area contributed by atoms with Crippen molar-refractivity contribution in [2.24, 2.45) is 0 Å². The number of hydrogen-bond donors (Lipinski definition) is 1. The van der Waals surface area contributed by atoms with Crippen LogP contribution in [0.2, 0.25) is 0 Å². The summed E-state index contributed by atoms with van der Waals surface area (Å²) in [6.45, 7) is 6.75. The number of nitrogens with zero attached hydrogens (tertiary/aromatic N) is 5. The molecular weight excluding hydrogens is 480 g/mol. The molecule has 1 aliphatic carbocycles. The lowest BCUT2D eigenvalue weighted by molar-refractivity contribution is 0.0142. The number of benzene rings is 1. The van der Waals surface area contributed by atoms with Crippen molar-refractivity contribution in [3.05, 3.63) is 29.8 Å². The Hall–Kier alpha value is -3.21. The number of aromatic nitrogens is 2. The fraction of sp³-hybridized carbons (Fsp3) is 0.560. The molecule has 4 amide bonds. The Balaban J connectivity index is 1.39. The standard InChI is InChI=1S/C25H34N6O4S/c1-25(2,3)35-24(34)30-14-12-19(13-15-30)31(18-10-11-18)21(32)17-8-6-16(7-9-17)20-26-22(36-28-20)27-23(33)29(4)5/h6-9,18-19H,10-15H2,1-5H3,(H,26,27,28,33). The Kier molecular flexibility index (Phi) is 7.49. The fourth-order valence-corrected chi connectivity index (χ4v) is 4.72. The third-order valence-corrected chi connectivity index (χ3v) is 6.75. The van der Waals surface area contributed by atoms with Crippen LogP contribution in [-0.2, 0) is 4.74 Å². The summed E-state index contributed by atoms with van der Waals surface area (Å²) in [4.78, 5) is 47.3. The molecule has 36 heavy (non-hydrogen) atoms. The fourth-order valence-electron chi connectivity index (χ4n) is 4.14. The molecule has 0 spiro atoms. The monoisotopic (exact) mass is 514 g/mol. The van der Waals surface area contributed by atoms with Crippen LogP contribution in [0.5, 0.6) is 0 Å². The quantitative estimate of drug-likeness (QED) is 0.637. The zero-order valence-corrected chi connectivity index (χ0v) is 22.3. The minimum absolute atomic E-state index is 0.0185. The summed E-state index contributed by atoms with van der Waals surface area (Å²) in [5, 5.41) is 3.11. The lowest BCUT2D eigenvalue weighted by Gasteiger charge is -2.39. The SMILES string of the molecule is CN(C)C(=O)Nc1nc(-c2ccc(C(=O)N(C3CC3)C3CCN(C(=O)OC(C)(C)C)CC3)cc2)ns1. The van der Waals surface area contributed by atoms with E-state index in [1.54, 1.807) is 19.0 Å². The maximum absolute atomic E-state index is 13.5. The Bertz CT molecular complexity index is 1100. The second-order valence-electron chi connectivity index (χ2n) is 10.5. The van der Waals surface area contributed by atoms with Gasteiger partial charge in [0.2, 0.25) is 5.13 Å². The number of ether oxygens (including phenoxy) is 1. The van der Waals surface area contributed by atoms with Crippen molar-refractivity contribution < 1.29 is 19.1 Å². The normalized spacial score (nSPS) is 16.4. The van der Waals surface area contributed by atoms with Crippen molar-refractivity contribution in [3.8, 4) is 11.4 Å². The Morgan fingerprint density at radius 1 is 1.03 bits per heavy atom. The molecule has 1 N–H and O–H groups in total. The molecule has 4 rings (SSSR count). The van der Waals surface area contributed by atoms with E-state index in [2.05, 4.69) is 14.7 Å². The van der Waals surface area contributed by atoms with Crippen LogP contribution in [0.3, 0.4) is 0 Å². The number of rotatable bonds is 5. The van der Waals surface area contributed by atoms with Gasteiger partial charge >= 0.3 is 12.1 Å². The van der Waals surface area contributed by atoms with E-state index in [9.17, 15) is 14.4 Å². The van der Waals surface area contributed by atoms with Crippen molar-refractivity contribution in [1.82, 2.24) is 24.1 Å². The lowest BCUT2D eigenvalue weighted by atomic mass is 10.0. The van der Waals surface area contributed by atoms with Crippen LogP contribution in [-0.4, -0.2) is 87.0 Å². The van der Waals surface area contributed by atoms with E-state index in [-0.39, 0.29) is 30.1 Å². The molecule has 1 saturated heterocycles. The molecular formula is C25H34N6O4S. The summed E-state index contributed by atoms with van der Waals surface area (Å²) < 4.78 is 9.83. The molecule has 0 atom stereocenters. The molecule has 1 aliphatic heterocycles. The minimum atomic E-state index is -0.522. The van der Waals surface area contributed by atoms with Gasteiger partial charge in [-0.05, 0) is 58.6 Å². The van der Waals surface area contributed by atoms with E-state index in [4.69, 9.17) is 4.74 Å². The molecule has 2 heterocycles. The molecule has 0 radical (unpaired) electrons. The van der Waals surface area contributed by atoms with Crippen LogP contribution in [0.25, 0.3) is 11.4 Å². The zero-order chi connectivity index (χ0) is 26.0. The first kappa shape index (κ1) is 25.9. The van der Waals surface area contributed by atoms with E-state index < -0.39 is 5.60 Å². The topological polar surface area (TPSA) is 108 Å². The summed E-state index contributed by atoms with van der Waals surface area (Å²) in [5.74, 6) is 0.520. The van der Waals surface area contributed by atoms with Crippen molar-refractivity contribution in [3.63, 3.8) is 0 Å². The van der Waals surface area contributed by atoms with Gasteiger partial charge < -0.3 is 19.4 Å². The summed E-state index contributed by atoms with van der Waals surface area (Å²) in [5.41, 5.74) is 0.875. The van der Waals surface area contributed by atoms with Gasteiger partial charge in [0.05, 0.1) is 0 Å². The number of likely N-dealkylation sites (tertiary alicyclic amines) is 1. The number of carbonyl (C=O) groups excluding carboxylic acids is 3. The highest BCUT2D eigenvalue weighted by Crippen LogP contribution is 2.34. The highest BCUT2D eigenvalue weighted by Gasteiger charge is 2.40. The van der Waals surface area contributed by atoms with E-state index in [0.29, 0.717) is 29.6 Å². The van der Waals surface area contributed by atoms with E-state index in [1.807, 2.05) is 49.9 Å². The number of anilines is 1. The van der Waals surface area contributed by atoms with Crippen molar-refractivity contribution in [2.45, 2.75) is 64.1 Å². The first-order valence-corrected chi connectivity index (χ1v) is 13.0. The van der Waals surface area contributed by atoms with Crippen LogP contribution in [0, 0.1) is 0 Å². The van der Waals surface area contributed by atoms with E-state index >= 15 is 0 Å². The summed E-state index contributed by atoms with van der Waals surface area (Å²) in [6.07, 6.45) is 3.22. The minimum Gasteiger partial charge on any atom is -0.444 e. The third kappa shape index (κ3) is 6.31. The molecule has 11 heteroatoms. The molecule has 2 aliphatic rings. The average Bonchev–Trinajstić information content (AvgIpc) is 3.55. The second kappa shape index (κ2) is 10.4. The van der Waals surface area contributed by atoms with Crippen LogP contribution >= 0.6 is 11.5 Å². The average molecular weight is 515 g/mol. The number of piperidine rings is 1. The Morgan fingerprint density at radius 2 is 1.64 bits per heavy atom. The molecule has 2 fully saturated rings. The molecule has 1 saturated carbocycles. The summed E-state index contributed by atoms with van der Waals surface area (Å²) in [7, 11) is 3.31. The third-order valence-electron chi connectivity index (χ3n) is 6.12. The molecule has 10 nitrogen and oxygen atoms in total. The van der Waals surface area contributed by atoms with Crippen LogP contribution in [0.15, 0.2) is 24.3 Å². The largest absolute Gasteiger partial charge is 0.444 e. The van der Waals surface area contributed by atoms with Gasteiger partial charge in [-0.2, -0.15) is 9.36 Å². The number of carbonyl (C=O) groups is 3. The second-order valence-corrected chi connectivity index (χ2v) is 11.2. The van der Waals surface area contributed by atoms with Crippen molar-refractivity contribution in [2.75, 3.05) is 32.5 Å². The predicted molar refractivity (Wildman–Crippen MR) is 138 cm³/mol. The van der Waals surface area contributed by atoms with Gasteiger partial charge in [0.1, 0.15) is 5.60 Å². The number of urea groups is 1. The first-order chi connectivity index (χ1) is 17.0. The molecule has 0 unspecified atom stereocenters. The smallest absolute Gasteiger partial charge is 0.410 e. The zero-order valence-electron chi connectivity index (χ0n) is 21.5. The van der Waals surface area contributed by atoms with Crippen molar-refractivity contribution >= 4 is 34.7 Å². The number of nitrogens with one attached hydrogen (secondary N) is 1. The maximum atomic E-state index is 13.5. The Labute approximate surface area is 215 Å². The van der Waals surface area contributed by atoms with Gasteiger partial charge in [0, 0.05) is 61.9 Å². The van der Waals surface area contributed by atoms with Crippen LogP contribution in [0.4, 0.5) is 14.7 Å².